The molecule has 6 nitrogen and oxygen atoms in total. The van der Waals surface area contributed by atoms with E-state index >= 15 is 0 Å². The lowest BCUT2D eigenvalue weighted by Crippen LogP contribution is -1.97. The predicted octanol–water partition coefficient (Wildman–Crippen LogP) is 2.33. The van der Waals surface area contributed by atoms with Crippen molar-refractivity contribution >= 4 is 16.7 Å². The van der Waals surface area contributed by atoms with E-state index in [0.29, 0.717) is 5.69 Å². The van der Waals surface area contributed by atoms with Crippen LogP contribution in [0.25, 0.3) is 16.7 Å². The molecule has 0 unspecified atom stereocenters. The van der Waals surface area contributed by atoms with Crippen molar-refractivity contribution in [1.82, 2.24) is 15.0 Å². The third-order valence-corrected chi connectivity index (χ3v) is 2.64. The van der Waals surface area contributed by atoms with Gasteiger partial charge in [-0.15, -0.1) is 5.10 Å². The molecule has 1 heterocycles. The van der Waals surface area contributed by atoms with Crippen molar-refractivity contribution in [3.05, 3.63) is 58.6 Å². The minimum absolute atomic E-state index is 0.0343. The third-order valence-electron chi connectivity index (χ3n) is 2.64. The zero-order valence-corrected chi connectivity index (χ0v) is 9.22. The minimum Gasteiger partial charge on any atom is -0.258 e. The molecule has 0 atom stereocenters. The normalized spacial score (nSPS) is 10.7. The molecule has 0 radical (unpaired) electrons. The van der Waals surface area contributed by atoms with E-state index < -0.39 is 4.92 Å². The number of benzene rings is 2. The highest BCUT2D eigenvalue weighted by Crippen LogP contribution is 2.19. The van der Waals surface area contributed by atoms with Gasteiger partial charge in [0.15, 0.2) is 0 Å². The number of hydrogen-bond donors (Lipinski definition) is 0. The average molecular weight is 240 g/mol. The molecular weight excluding hydrogens is 232 g/mol. The number of aromatic nitrogens is 3. The molecule has 0 fully saturated rings. The predicted molar refractivity (Wildman–Crippen MR) is 65.5 cm³/mol. The van der Waals surface area contributed by atoms with Gasteiger partial charge in [-0.05, 0) is 18.2 Å². The Morgan fingerprint density at radius 2 is 1.94 bits per heavy atom. The molecule has 0 N–H and O–H groups in total. The molecule has 2 aromatic carbocycles. The lowest BCUT2D eigenvalue weighted by Gasteiger charge is -2.01. The summed E-state index contributed by atoms with van der Waals surface area (Å²) in [5.74, 6) is 0. The number of nitro groups is 1. The Hall–Kier alpha value is -2.76. The zero-order valence-electron chi connectivity index (χ0n) is 9.22. The van der Waals surface area contributed by atoms with Crippen LogP contribution in [-0.4, -0.2) is 19.9 Å². The third kappa shape index (κ3) is 1.60. The lowest BCUT2D eigenvalue weighted by atomic mass is 10.2. The number of non-ortho nitro benzene ring substituents is 1. The Labute approximate surface area is 102 Å². The molecule has 1 aromatic heterocycles. The molecule has 6 heteroatoms. The summed E-state index contributed by atoms with van der Waals surface area (Å²) in [5.41, 5.74) is 2.23. The van der Waals surface area contributed by atoms with Crippen LogP contribution in [0.2, 0.25) is 0 Å². The summed E-state index contributed by atoms with van der Waals surface area (Å²) in [6, 6.07) is 13.8. The highest BCUT2D eigenvalue weighted by Gasteiger charge is 2.10. The molecule has 88 valence electrons. The maximum Gasteiger partial charge on any atom is 0.271 e. The smallest absolute Gasteiger partial charge is 0.258 e. The van der Waals surface area contributed by atoms with Gasteiger partial charge in [0.05, 0.1) is 16.1 Å². The van der Waals surface area contributed by atoms with Crippen molar-refractivity contribution in [3.8, 4) is 5.69 Å². The number of hydrogen-bond acceptors (Lipinski definition) is 4. The van der Waals surface area contributed by atoms with E-state index in [1.165, 1.54) is 12.1 Å². The van der Waals surface area contributed by atoms with Crippen molar-refractivity contribution in [1.29, 1.82) is 0 Å². The monoisotopic (exact) mass is 240 g/mol. The molecule has 0 bridgehead atoms. The van der Waals surface area contributed by atoms with Crippen molar-refractivity contribution in [2.45, 2.75) is 0 Å². The van der Waals surface area contributed by atoms with E-state index in [9.17, 15) is 10.1 Å². The van der Waals surface area contributed by atoms with Crippen LogP contribution in [0.3, 0.4) is 0 Å². The Bertz CT molecular complexity index is 736. The van der Waals surface area contributed by atoms with E-state index in [4.69, 9.17) is 0 Å². The van der Waals surface area contributed by atoms with E-state index in [1.54, 1.807) is 16.8 Å². The zero-order chi connectivity index (χ0) is 12.5. The summed E-state index contributed by atoms with van der Waals surface area (Å²) in [7, 11) is 0. The van der Waals surface area contributed by atoms with Gasteiger partial charge in [-0.25, -0.2) is 4.68 Å². The number of nitrogens with zero attached hydrogens (tertiary/aromatic N) is 4. The maximum atomic E-state index is 10.7. The van der Waals surface area contributed by atoms with Crippen molar-refractivity contribution in [2.24, 2.45) is 0 Å². The summed E-state index contributed by atoms with van der Waals surface area (Å²) in [5, 5.41) is 18.8. The largest absolute Gasteiger partial charge is 0.271 e. The van der Waals surface area contributed by atoms with Crippen LogP contribution < -0.4 is 0 Å². The SMILES string of the molecule is O=[N+]([O-])c1cccc(-n2nnc3ccccc32)c1. The van der Waals surface area contributed by atoms with Crippen molar-refractivity contribution in [3.63, 3.8) is 0 Å². The molecule has 0 amide bonds. The number of para-hydroxylation sites is 1. The van der Waals surface area contributed by atoms with Gasteiger partial charge < -0.3 is 0 Å². The van der Waals surface area contributed by atoms with Gasteiger partial charge in [0.25, 0.3) is 5.69 Å². The Kier molecular flexibility index (Phi) is 2.26. The van der Waals surface area contributed by atoms with Gasteiger partial charge in [0.2, 0.25) is 0 Å². The molecule has 3 aromatic rings. The highest BCUT2D eigenvalue weighted by atomic mass is 16.6. The lowest BCUT2D eigenvalue weighted by molar-refractivity contribution is -0.384. The molecule has 3 rings (SSSR count). The Morgan fingerprint density at radius 1 is 1.11 bits per heavy atom. The standard InChI is InChI=1S/C12H8N4O2/c17-16(18)10-5-3-4-9(8-10)15-12-7-2-1-6-11(12)13-14-15/h1-8H. The summed E-state index contributed by atoms with van der Waals surface area (Å²) in [6.07, 6.45) is 0. The molecule has 0 aliphatic carbocycles. The van der Waals surface area contributed by atoms with Crippen molar-refractivity contribution < 1.29 is 4.92 Å². The van der Waals surface area contributed by atoms with E-state index in [0.717, 1.165) is 11.0 Å². The first-order valence-corrected chi connectivity index (χ1v) is 5.31. The van der Waals surface area contributed by atoms with Gasteiger partial charge in [-0.3, -0.25) is 10.1 Å². The fraction of sp³-hybridized carbons (Fsp3) is 0. The van der Waals surface area contributed by atoms with Gasteiger partial charge in [0, 0.05) is 12.1 Å². The second-order valence-corrected chi connectivity index (χ2v) is 3.77. The molecule has 0 aliphatic rings. The first-order chi connectivity index (χ1) is 8.75. The van der Waals surface area contributed by atoms with Crippen LogP contribution >= 0.6 is 0 Å². The highest BCUT2D eigenvalue weighted by molar-refractivity contribution is 5.76. The molecule has 0 saturated heterocycles. The van der Waals surface area contributed by atoms with Crippen LogP contribution in [-0.2, 0) is 0 Å². The average Bonchev–Trinajstić information content (AvgIpc) is 2.82. The maximum absolute atomic E-state index is 10.7. The number of rotatable bonds is 2. The summed E-state index contributed by atoms with van der Waals surface area (Å²) < 4.78 is 1.59. The van der Waals surface area contributed by atoms with Gasteiger partial charge in [-0.2, -0.15) is 0 Å². The van der Waals surface area contributed by atoms with Gasteiger partial charge in [0.1, 0.15) is 5.52 Å². The number of fused-ring (bicyclic) bond motifs is 1. The van der Waals surface area contributed by atoms with E-state index in [2.05, 4.69) is 10.3 Å². The summed E-state index contributed by atoms with van der Waals surface area (Å²) in [6.45, 7) is 0. The second kappa shape index (κ2) is 3.92. The fourth-order valence-corrected chi connectivity index (χ4v) is 1.80. The molecule has 18 heavy (non-hydrogen) atoms. The Morgan fingerprint density at radius 3 is 2.78 bits per heavy atom. The van der Waals surface area contributed by atoms with E-state index in [-0.39, 0.29) is 5.69 Å². The summed E-state index contributed by atoms with van der Waals surface area (Å²) in [4.78, 5) is 10.3. The first kappa shape index (κ1) is 10.4. The van der Waals surface area contributed by atoms with Crippen LogP contribution in [0.4, 0.5) is 5.69 Å². The molecule has 0 aliphatic heterocycles. The number of nitro benzene ring substituents is 1. The van der Waals surface area contributed by atoms with Crippen LogP contribution in [0.5, 0.6) is 0 Å². The Balaban J connectivity index is 2.20. The molecule has 0 spiro atoms. The van der Waals surface area contributed by atoms with Crippen molar-refractivity contribution in [2.75, 3.05) is 0 Å². The molecule has 0 saturated carbocycles. The second-order valence-electron chi connectivity index (χ2n) is 3.77. The van der Waals surface area contributed by atoms with Crippen LogP contribution in [0.1, 0.15) is 0 Å². The topological polar surface area (TPSA) is 73.8 Å². The van der Waals surface area contributed by atoms with Crippen LogP contribution in [0.15, 0.2) is 48.5 Å². The van der Waals surface area contributed by atoms with Gasteiger partial charge >= 0.3 is 0 Å². The molecular formula is C12H8N4O2. The fourth-order valence-electron chi connectivity index (χ4n) is 1.80. The van der Waals surface area contributed by atoms with Crippen LogP contribution in [0, 0.1) is 10.1 Å². The van der Waals surface area contributed by atoms with E-state index in [1.807, 2.05) is 24.3 Å². The summed E-state index contributed by atoms with van der Waals surface area (Å²) >= 11 is 0. The van der Waals surface area contributed by atoms with Gasteiger partial charge in [-0.1, -0.05) is 23.4 Å². The first-order valence-electron chi connectivity index (χ1n) is 5.31. The quantitative estimate of drug-likeness (QED) is 0.509. The minimum atomic E-state index is -0.428.